The first-order valence-electron chi connectivity index (χ1n) is 6.37. The van der Waals surface area contributed by atoms with Crippen molar-refractivity contribution in [3.05, 3.63) is 46.3 Å². The van der Waals surface area contributed by atoms with Gasteiger partial charge >= 0.3 is 5.97 Å². The summed E-state index contributed by atoms with van der Waals surface area (Å²) in [5.74, 6) is -2.44. The number of carbonyl (C=O) groups is 1. The Morgan fingerprint density at radius 1 is 1.38 bits per heavy atom. The number of benzene rings is 1. The number of hydrogen-bond donors (Lipinski definition) is 1. The third kappa shape index (κ3) is 2.19. The Morgan fingerprint density at radius 2 is 2.14 bits per heavy atom. The van der Waals surface area contributed by atoms with E-state index < -0.39 is 17.6 Å². The molecule has 1 aliphatic rings. The second-order valence-corrected chi connectivity index (χ2v) is 4.85. The standard InChI is InChI=1S/C14H12F2N2O3/c1-7-4-10(16)12(5-9(7)15)18-11-2-3-21-6-8(11)13(17-18)14(19)20/h4-5H,2-3,6H2,1H3,(H,19,20). The SMILES string of the molecule is Cc1cc(F)c(-n2nc(C(=O)O)c3c2CCOC3)cc1F. The first-order chi connectivity index (χ1) is 9.99. The van der Waals surface area contributed by atoms with Crippen LogP contribution in [0.15, 0.2) is 12.1 Å². The van der Waals surface area contributed by atoms with Crippen LogP contribution in [0.3, 0.4) is 0 Å². The molecule has 0 saturated carbocycles. The molecule has 0 bridgehead atoms. The van der Waals surface area contributed by atoms with E-state index in [4.69, 9.17) is 9.84 Å². The molecule has 110 valence electrons. The van der Waals surface area contributed by atoms with Crippen LogP contribution in [0.5, 0.6) is 0 Å². The molecular formula is C14H12F2N2O3. The Bertz CT molecular complexity index is 740. The molecule has 0 atom stereocenters. The molecule has 7 heteroatoms. The summed E-state index contributed by atoms with van der Waals surface area (Å²) in [7, 11) is 0. The summed E-state index contributed by atoms with van der Waals surface area (Å²) in [6.45, 7) is 1.94. The highest BCUT2D eigenvalue weighted by Gasteiger charge is 2.27. The van der Waals surface area contributed by atoms with E-state index in [2.05, 4.69) is 5.10 Å². The van der Waals surface area contributed by atoms with Gasteiger partial charge in [0.25, 0.3) is 0 Å². The summed E-state index contributed by atoms with van der Waals surface area (Å²) >= 11 is 0. The Hall–Kier alpha value is -2.28. The van der Waals surface area contributed by atoms with E-state index in [1.807, 2.05) is 0 Å². The van der Waals surface area contributed by atoms with Crippen LogP contribution in [0.4, 0.5) is 8.78 Å². The summed E-state index contributed by atoms with van der Waals surface area (Å²) in [5.41, 5.74) is 0.850. The number of nitrogens with zero attached hydrogens (tertiary/aromatic N) is 2. The average Bonchev–Trinajstić information content (AvgIpc) is 2.82. The van der Waals surface area contributed by atoms with E-state index >= 15 is 0 Å². The second-order valence-electron chi connectivity index (χ2n) is 4.85. The van der Waals surface area contributed by atoms with Gasteiger partial charge in [-0.3, -0.25) is 0 Å². The molecule has 0 amide bonds. The Kier molecular flexibility index (Phi) is 3.21. The lowest BCUT2D eigenvalue weighted by molar-refractivity contribution is 0.0677. The maximum absolute atomic E-state index is 14.1. The minimum absolute atomic E-state index is 0.0937. The van der Waals surface area contributed by atoms with Crippen LogP contribution in [0.1, 0.15) is 27.3 Å². The third-order valence-electron chi connectivity index (χ3n) is 3.48. The molecule has 0 aliphatic carbocycles. The molecule has 0 fully saturated rings. The van der Waals surface area contributed by atoms with E-state index in [-0.39, 0.29) is 23.6 Å². The summed E-state index contributed by atoms with van der Waals surface area (Å²) in [6.07, 6.45) is 0.393. The zero-order valence-electron chi connectivity index (χ0n) is 11.2. The minimum atomic E-state index is -1.22. The van der Waals surface area contributed by atoms with E-state index in [9.17, 15) is 13.6 Å². The van der Waals surface area contributed by atoms with Crippen molar-refractivity contribution < 1.29 is 23.4 Å². The lowest BCUT2D eigenvalue weighted by Gasteiger charge is -2.15. The predicted molar refractivity (Wildman–Crippen MR) is 68.5 cm³/mol. The molecule has 0 spiro atoms. The molecule has 1 aromatic carbocycles. The smallest absolute Gasteiger partial charge is 0.356 e. The number of hydrogen-bond acceptors (Lipinski definition) is 3. The number of ether oxygens (including phenoxy) is 1. The lowest BCUT2D eigenvalue weighted by atomic mass is 10.1. The van der Waals surface area contributed by atoms with Gasteiger partial charge in [-0.2, -0.15) is 5.10 Å². The third-order valence-corrected chi connectivity index (χ3v) is 3.48. The van der Waals surface area contributed by atoms with Gasteiger partial charge in [-0.05, 0) is 18.6 Å². The van der Waals surface area contributed by atoms with Crippen molar-refractivity contribution in [2.75, 3.05) is 6.61 Å². The first kappa shape index (κ1) is 13.7. The van der Waals surface area contributed by atoms with Crippen LogP contribution in [-0.4, -0.2) is 27.5 Å². The Balaban J connectivity index is 2.24. The largest absolute Gasteiger partial charge is 0.476 e. The normalized spacial score (nSPS) is 14.0. The van der Waals surface area contributed by atoms with Crippen LogP contribution in [0.2, 0.25) is 0 Å². The van der Waals surface area contributed by atoms with Gasteiger partial charge in [-0.25, -0.2) is 18.3 Å². The molecule has 0 saturated heterocycles. The van der Waals surface area contributed by atoms with Crippen LogP contribution < -0.4 is 0 Å². The fraction of sp³-hybridized carbons (Fsp3) is 0.286. The van der Waals surface area contributed by atoms with Crippen molar-refractivity contribution in [2.24, 2.45) is 0 Å². The van der Waals surface area contributed by atoms with E-state index in [0.717, 1.165) is 12.1 Å². The number of aryl methyl sites for hydroxylation is 1. The molecule has 0 unspecified atom stereocenters. The van der Waals surface area contributed by atoms with Gasteiger partial charge in [0.05, 0.1) is 18.9 Å². The van der Waals surface area contributed by atoms with Gasteiger partial charge in [-0.1, -0.05) is 0 Å². The fourth-order valence-corrected chi connectivity index (χ4v) is 2.41. The zero-order valence-corrected chi connectivity index (χ0v) is 11.2. The molecule has 21 heavy (non-hydrogen) atoms. The van der Waals surface area contributed by atoms with Crippen molar-refractivity contribution >= 4 is 5.97 Å². The van der Waals surface area contributed by atoms with Gasteiger partial charge < -0.3 is 9.84 Å². The molecule has 2 aromatic rings. The van der Waals surface area contributed by atoms with E-state index in [1.54, 1.807) is 0 Å². The molecular weight excluding hydrogens is 282 g/mol. The molecule has 0 radical (unpaired) electrons. The minimum Gasteiger partial charge on any atom is -0.476 e. The maximum atomic E-state index is 14.1. The van der Waals surface area contributed by atoms with Crippen molar-refractivity contribution in [3.8, 4) is 5.69 Å². The van der Waals surface area contributed by atoms with Crippen molar-refractivity contribution in [3.63, 3.8) is 0 Å². The van der Waals surface area contributed by atoms with Crippen LogP contribution in [0, 0.1) is 18.6 Å². The summed E-state index contributed by atoms with van der Waals surface area (Å²) in [4.78, 5) is 11.2. The summed E-state index contributed by atoms with van der Waals surface area (Å²) in [6, 6.07) is 2.09. The number of halogens is 2. The quantitative estimate of drug-likeness (QED) is 0.922. The fourth-order valence-electron chi connectivity index (χ4n) is 2.41. The molecule has 2 heterocycles. The highest BCUT2D eigenvalue weighted by atomic mass is 19.1. The van der Waals surface area contributed by atoms with Crippen LogP contribution in [-0.2, 0) is 17.8 Å². The summed E-state index contributed by atoms with van der Waals surface area (Å²) in [5, 5.41) is 13.1. The van der Waals surface area contributed by atoms with Crippen molar-refractivity contribution in [1.29, 1.82) is 0 Å². The zero-order chi connectivity index (χ0) is 15.1. The highest BCUT2D eigenvalue weighted by molar-refractivity contribution is 5.87. The highest BCUT2D eigenvalue weighted by Crippen LogP contribution is 2.26. The van der Waals surface area contributed by atoms with Gasteiger partial charge in [0.15, 0.2) is 5.69 Å². The topological polar surface area (TPSA) is 64.4 Å². The lowest BCUT2D eigenvalue weighted by Crippen LogP contribution is -2.14. The number of carboxylic acid groups (broad SMARTS) is 1. The molecule has 1 N–H and O–H groups in total. The van der Waals surface area contributed by atoms with Gasteiger partial charge in [-0.15, -0.1) is 0 Å². The Labute approximate surface area is 118 Å². The van der Waals surface area contributed by atoms with Gasteiger partial charge in [0.1, 0.15) is 17.3 Å². The van der Waals surface area contributed by atoms with E-state index in [1.165, 1.54) is 11.6 Å². The number of carboxylic acids is 1. The number of fused-ring (bicyclic) bond motifs is 1. The Morgan fingerprint density at radius 3 is 2.86 bits per heavy atom. The number of aromatic carboxylic acids is 1. The summed E-state index contributed by atoms with van der Waals surface area (Å²) < 4.78 is 34.2. The van der Waals surface area contributed by atoms with Gasteiger partial charge in [0, 0.05) is 18.1 Å². The van der Waals surface area contributed by atoms with Crippen LogP contribution in [0.25, 0.3) is 5.69 Å². The number of aromatic nitrogens is 2. The predicted octanol–water partition coefficient (Wildman–Crippen LogP) is 2.23. The molecule has 5 nitrogen and oxygen atoms in total. The van der Waals surface area contributed by atoms with Crippen molar-refractivity contribution in [2.45, 2.75) is 20.0 Å². The van der Waals surface area contributed by atoms with Crippen molar-refractivity contribution in [1.82, 2.24) is 9.78 Å². The van der Waals surface area contributed by atoms with Crippen LogP contribution >= 0.6 is 0 Å². The van der Waals surface area contributed by atoms with E-state index in [0.29, 0.717) is 24.3 Å². The molecule has 1 aliphatic heterocycles. The molecule has 1 aromatic heterocycles. The maximum Gasteiger partial charge on any atom is 0.356 e. The number of rotatable bonds is 2. The molecule has 3 rings (SSSR count). The monoisotopic (exact) mass is 294 g/mol. The van der Waals surface area contributed by atoms with Gasteiger partial charge in [0.2, 0.25) is 0 Å². The average molecular weight is 294 g/mol. The second kappa shape index (κ2) is 4.92. The first-order valence-corrected chi connectivity index (χ1v) is 6.37.